The summed E-state index contributed by atoms with van der Waals surface area (Å²) in [5.41, 5.74) is 10.9. The van der Waals surface area contributed by atoms with E-state index >= 15 is 0 Å². The number of aromatic hydroxyl groups is 1. The standard InChI is InChI=1S/C22H27N3O/c23-19-13-18(16-7-3-1-2-4-8-16)14-21(22(19)26)25-12-11-24-15-17-9-5-6-10-20(17)25/h5-6,9-10,13-16,26H,1-4,7-8,11-12,23H2. The predicted molar refractivity (Wildman–Crippen MR) is 109 cm³/mol. The third kappa shape index (κ3) is 3.28. The van der Waals surface area contributed by atoms with Crippen LogP contribution in [0.5, 0.6) is 5.75 Å². The lowest BCUT2D eigenvalue weighted by Crippen LogP contribution is -2.21. The lowest BCUT2D eigenvalue weighted by molar-refractivity contribution is 0.477. The second-order valence-corrected chi connectivity index (χ2v) is 7.41. The van der Waals surface area contributed by atoms with Crippen molar-refractivity contribution in [1.82, 2.24) is 0 Å². The number of anilines is 3. The minimum atomic E-state index is 0.180. The summed E-state index contributed by atoms with van der Waals surface area (Å²) in [4.78, 5) is 6.65. The Labute approximate surface area is 155 Å². The van der Waals surface area contributed by atoms with E-state index in [0.717, 1.165) is 23.5 Å². The number of para-hydroxylation sites is 1. The van der Waals surface area contributed by atoms with E-state index in [4.69, 9.17) is 5.73 Å². The van der Waals surface area contributed by atoms with Gasteiger partial charge in [-0.15, -0.1) is 0 Å². The average Bonchev–Trinajstić information content (AvgIpc) is 3.05. The summed E-state index contributed by atoms with van der Waals surface area (Å²) in [6, 6.07) is 12.3. The van der Waals surface area contributed by atoms with Gasteiger partial charge in [-0.3, -0.25) is 4.99 Å². The molecule has 4 rings (SSSR count). The minimum absolute atomic E-state index is 0.180. The Kier molecular flexibility index (Phi) is 4.83. The molecule has 1 heterocycles. The summed E-state index contributed by atoms with van der Waals surface area (Å²) in [6.45, 7) is 1.43. The van der Waals surface area contributed by atoms with Crippen LogP contribution in [0.3, 0.4) is 0 Å². The minimum Gasteiger partial charge on any atom is -0.504 e. The van der Waals surface area contributed by atoms with Crippen molar-refractivity contribution in [3.05, 3.63) is 47.5 Å². The predicted octanol–water partition coefficient (Wildman–Crippen LogP) is 4.98. The lowest BCUT2D eigenvalue weighted by atomic mass is 9.90. The Morgan fingerprint density at radius 1 is 1.00 bits per heavy atom. The van der Waals surface area contributed by atoms with Gasteiger partial charge in [-0.1, -0.05) is 43.9 Å². The van der Waals surface area contributed by atoms with Gasteiger partial charge in [0.1, 0.15) is 0 Å². The SMILES string of the molecule is Nc1cc(C2CCCCCC2)cc(N2CCN=Cc3ccccc32)c1O. The number of nitrogens with two attached hydrogens (primary N) is 1. The number of nitrogen functional groups attached to an aromatic ring is 1. The molecular weight excluding hydrogens is 322 g/mol. The molecule has 136 valence electrons. The molecule has 0 radical (unpaired) electrons. The third-order valence-electron chi connectivity index (χ3n) is 5.67. The maximum atomic E-state index is 10.7. The molecule has 4 heteroatoms. The quantitative estimate of drug-likeness (QED) is 0.456. The van der Waals surface area contributed by atoms with Crippen LogP contribution in [-0.4, -0.2) is 24.4 Å². The molecule has 0 amide bonds. The molecule has 2 aromatic rings. The van der Waals surface area contributed by atoms with Gasteiger partial charge in [0.2, 0.25) is 0 Å². The van der Waals surface area contributed by atoms with E-state index in [1.54, 1.807) is 0 Å². The Hall–Kier alpha value is -2.49. The summed E-state index contributed by atoms with van der Waals surface area (Å²) in [5, 5.41) is 10.7. The smallest absolute Gasteiger partial charge is 0.162 e. The van der Waals surface area contributed by atoms with Crippen molar-refractivity contribution in [2.75, 3.05) is 23.7 Å². The van der Waals surface area contributed by atoms with Crippen molar-refractivity contribution in [3.63, 3.8) is 0 Å². The number of benzene rings is 2. The molecule has 4 nitrogen and oxygen atoms in total. The fraction of sp³-hybridized carbons (Fsp3) is 0.409. The maximum absolute atomic E-state index is 10.7. The number of rotatable bonds is 2. The van der Waals surface area contributed by atoms with Crippen molar-refractivity contribution in [2.24, 2.45) is 4.99 Å². The van der Waals surface area contributed by atoms with Gasteiger partial charge >= 0.3 is 0 Å². The third-order valence-corrected chi connectivity index (χ3v) is 5.67. The van der Waals surface area contributed by atoms with Crippen LogP contribution in [0.25, 0.3) is 0 Å². The number of nitrogens with zero attached hydrogens (tertiary/aromatic N) is 2. The lowest BCUT2D eigenvalue weighted by Gasteiger charge is -2.27. The van der Waals surface area contributed by atoms with E-state index in [-0.39, 0.29) is 5.75 Å². The van der Waals surface area contributed by atoms with Gasteiger partial charge in [-0.25, -0.2) is 0 Å². The number of phenolic OH excluding ortho intramolecular Hbond substituents is 1. The molecule has 1 aliphatic heterocycles. The zero-order chi connectivity index (χ0) is 17.9. The van der Waals surface area contributed by atoms with Gasteiger partial charge in [0.25, 0.3) is 0 Å². The average molecular weight is 349 g/mol. The molecule has 2 aromatic carbocycles. The summed E-state index contributed by atoms with van der Waals surface area (Å²) in [6.07, 6.45) is 9.56. The molecule has 0 saturated heterocycles. The van der Waals surface area contributed by atoms with Gasteiger partial charge < -0.3 is 15.7 Å². The Bertz CT molecular complexity index is 807. The number of benzodiazepines with no additional fused rings is 1. The van der Waals surface area contributed by atoms with Crippen LogP contribution in [0, 0.1) is 0 Å². The molecular formula is C22H27N3O. The summed E-state index contributed by atoms with van der Waals surface area (Å²) in [5.74, 6) is 0.719. The van der Waals surface area contributed by atoms with Crippen LogP contribution in [0.2, 0.25) is 0 Å². The van der Waals surface area contributed by atoms with Crippen LogP contribution in [0.4, 0.5) is 17.1 Å². The largest absolute Gasteiger partial charge is 0.504 e. The summed E-state index contributed by atoms with van der Waals surface area (Å²) < 4.78 is 0. The molecule has 0 aromatic heterocycles. The number of aliphatic imine (C=N–C) groups is 1. The molecule has 0 spiro atoms. The van der Waals surface area contributed by atoms with Gasteiger partial charge in [-0.05, 0) is 42.5 Å². The molecule has 1 aliphatic carbocycles. The number of hydrogen-bond acceptors (Lipinski definition) is 4. The number of phenols is 1. The second kappa shape index (κ2) is 7.40. The Morgan fingerprint density at radius 3 is 2.58 bits per heavy atom. The van der Waals surface area contributed by atoms with E-state index in [1.165, 1.54) is 44.1 Å². The molecule has 1 fully saturated rings. The number of fused-ring (bicyclic) bond motifs is 1. The molecule has 26 heavy (non-hydrogen) atoms. The van der Waals surface area contributed by atoms with Crippen molar-refractivity contribution >= 4 is 23.3 Å². The van der Waals surface area contributed by atoms with Gasteiger partial charge in [-0.2, -0.15) is 0 Å². The fourth-order valence-corrected chi connectivity index (χ4v) is 4.25. The van der Waals surface area contributed by atoms with E-state index in [1.807, 2.05) is 24.4 Å². The normalized spacial score (nSPS) is 18.2. The molecule has 0 atom stereocenters. The highest BCUT2D eigenvalue weighted by atomic mass is 16.3. The first-order valence-electron chi connectivity index (χ1n) is 9.73. The highest BCUT2D eigenvalue weighted by molar-refractivity contribution is 5.91. The van der Waals surface area contributed by atoms with Crippen LogP contribution < -0.4 is 10.6 Å². The number of hydrogen-bond donors (Lipinski definition) is 2. The first kappa shape index (κ1) is 17.0. The summed E-state index contributed by atoms with van der Waals surface area (Å²) in [7, 11) is 0. The van der Waals surface area contributed by atoms with Gasteiger partial charge in [0.05, 0.1) is 23.6 Å². The van der Waals surface area contributed by atoms with Crippen LogP contribution in [0.1, 0.15) is 55.6 Å². The molecule has 0 unspecified atom stereocenters. The maximum Gasteiger partial charge on any atom is 0.162 e. The first-order valence-corrected chi connectivity index (χ1v) is 9.73. The highest BCUT2D eigenvalue weighted by Gasteiger charge is 2.22. The van der Waals surface area contributed by atoms with E-state index in [0.29, 0.717) is 18.2 Å². The van der Waals surface area contributed by atoms with Crippen molar-refractivity contribution in [1.29, 1.82) is 0 Å². The molecule has 0 bridgehead atoms. The van der Waals surface area contributed by atoms with Gasteiger partial charge in [0.15, 0.2) is 5.75 Å². The molecule has 3 N–H and O–H groups in total. The summed E-state index contributed by atoms with van der Waals surface area (Å²) >= 11 is 0. The Morgan fingerprint density at radius 2 is 1.77 bits per heavy atom. The van der Waals surface area contributed by atoms with Crippen LogP contribution in [0.15, 0.2) is 41.4 Å². The van der Waals surface area contributed by atoms with Crippen LogP contribution >= 0.6 is 0 Å². The van der Waals surface area contributed by atoms with E-state index in [2.05, 4.69) is 28.1 Å². The molecule has 2 aliphatic rings. The monoisotopic (exact) mass is 349 g/mol. The zero-order valence-electron chi connectivity index (χ0n) is 15.2. The fourth-order valence-electron chi connectivity index (χ4n) is 4.25. The topological polar surface area (TPSA) is 61.8 Å². The van der Waals surface area contributed by atoms with E-state index in [9.17, 15) is 5.11 Å². The van der Waals surface area contributed by atoms with Crippen molar-refractivity contribution in [2.45, 2.75) is 44.4 Å². The van der Waals surface area contributed by atoms with Gasteiger partial charge in [0, 0.05) is 18.3 Å². The van der Waals surface area contributed by atoms with Crippen molar-refractivity contribution in [3.8, 4) is 5.75 Å². The second-order valence-electron chi connectivity index (χ2n) is 7.41. The van der Waals surface area contributed by atoms with E-state index < -0.39 is 0 Å². The van der Waals surface area contributed by atoms with Crippen molar-refractivity contribution < 1.29 is 5.11 Å². The molecule has 1 saturated carbocycles. The Balaban J connectivity index is 1.77. The van der Waals surface area contributed by atoms with Crippen LogP contribution in [-0.2, 0) is 0 Å². The first-order chi connectivity index (χ1) is 12.7. The zero-order valence-corrected chi connectivity index (χ0v) is 15.2. The highest BCUT2D eigenvalue weighted by Crippen LogP contribution is 2.43.